The second-order valence-electron chi connectivity index (χ2n) is 7.43. The number of hydrogen-bond donors (Lipinski definition) is 0. The van der Waals surface area contributed by atoms with Crippen LogP contribution in [0.4, 0.5) is 0 Å². The molecule has 1 aliphatic heterocycles. The molecule has 1 unspecified atom stereocenters. The quantitative estimate of drug-likeness (QED) is 0.753. The van der Waals surface area contributed by atoms with Crippen LogP contribution in [0.1, 0.15) is 36.8 Å². The Balaban J connectivity index is 1.81. The van der Waals surface area contributed by atoms with E-state index < -0.39 is 0 Å². The van der Waals surface area contributed by atoms with Crippen molar-refractivity contribution in [1.82, 2.24) is 4.90 Å². The highest BCUT2D eigenvalue weighted by atomic mass is 15.2. The second kappa shape index (κ2) is 6.52. The Kier molecular flexibility index (Phi) is 4.24. The summed E-state index contributed by atoms with van der Waals surface area (Å²) in [4.78, 5) is 2.43. The Hall–Kier alpha value is -1.93. The normalized spacial score (nSPS) is 23.2. The molecule has 24 heavy (non-hydrogen) atoms. The van der Waals surface area contributed by atoms with Crippen molar-refractivity contribution in [2.45, 2.75) is 44.3 Å². The fourth-order valence-electron chi connectivity index (χ4n) is 4.49. The van der Waals surface area contributed by atoms with Crippen LogP contribution >= 0.6 is 0 Å². The van der Waals surface area contributed by atoms with Crippen molar-refractivity contribution in [3.8, 4) is 11.1 Å². The molecule has 0 amide bonds. The van der Waals surface area contributed by atoms with Crippen LogP contribution in [0, 0.1) is 0 Å². The molecule has 4 rings (SSSR count). The lowest BCUT2D eigenvalue weighted by Gasteiger charge is -2.33. The van der Waals surface area contributed by atoms with Crippen LogP contribution in [-0.4, -0.2) is 41.9 Å². The van der Waals surface area contributed by atoms with Gasteiger partial charge in [0, 0.05) is 17.5 Å². The molecule has 2 aliphatic rings. The number of rotatable bonds is 2. The minimum Gasteiger partial charge on any atom is -0.300 e. The Labute approximate surface area is 145 Å². The van der Waals surface area contributed by atoms with Crippen molar-refractivity contribution in [2.24, 2.45) is 0 Å². The monoisotopic (exact) mass is 319 g/mol. The molecule has 1 saturated carbocycles. The lowest BCUT2D eigenvalue weighted by molar-refractivity contribution is -0.585. The van der Waals surface area contributed by atoms with Crippen molar-refractivity contribution in [3.05, 3.63) is 59.7 Å². The predicted molar refractivity (Wildman–Crippen MR) is 101 cm³/mol. The lowest BCUT2D eigenvalue weighted by atomic mass is 9.89. The SMILES string of the molecule is CN(C)C1CCCC[C@@H]1[N+]1=Cc2ccccc2-c2ccccc2C1. The van der Waals surface area contributed by atoms with E-state index in [2.05, 4.69) is 78.3 Å². The molecule has 2 nitrogen and oxygen atoms in total. The molecule has 1 aliphatic carbocycles. The molecule has 1 heterocycles. The van der Waals surface area contributed by atoms with Crippen molar-refractivity contribution >= 4 is 6.21 Å². The molecule has 2 atom stereocenters. The van der Waals surface area contributed by atoms with Gasteiger partial charge in [0.15, 0.2) is 18.8 Å². The van der Waals surface area contributed by atoms with Crippen LogP contribution in [0.5, 0.6) is 0 Å². The van der Waals surface area contributed by atoms with E-state index in [9.17, 15) is 0 Å². The maximum atomic E-state index is 2.62. The van der Waals surface area contributed by atoms with Gasteiger partial charge in [-0.05, 0) is 44.1 Å². The van der Waals surface area contributed by atoms with Gasteiger partial charge < -0.3 is 4.90 Å². The summed E-state index contributed by atoms with van der Waals surface area (Å²) in [5.41, 5.74) is 5.56. The Morgan fingerprint density at radius 3 is 2.42 bits per heavy atom. The zero-order chi connectivity index (χ0) is 16.5. The molecule has 1 fully saturated rings. The van der Waals surface area contributed by atoms with E-state index in [1.54, 1.807) is 0 Å². The van der Waals surface area contributed by atoms with E-state index in [-0.39, 0.29) is 0 Å². The molecule has 124 valence electrons. The molecular formula is C22H27N2+. The van der Waals surface area contributed by atoms with Crippen LogP contribution < -0.4 is 0 Å². The molecule has 2 aromatic carbocycles. The van der Waals surface area contributed by atoms with Crippen molar-refractivity contribution < 1.29 is 4.58 Å². The van der Waals surface area contributed by atoms with Crippen LogP contribution in [0.25, 0.3) is 11.1 Å². The smallest absolute Gasteiger partial charge is 0.171 e. The largest absolute Gasteiger partial charge is 0.300 e. The molecule has 0 radical (unpaired) electrons. The fraction of sp³-hybridized carbons (Fsp3) is 0.409. The van der Waals surface area contributed by atoms with Crippen LogP contribution in [-0.2, 0) is 6.54 Å². The van der Waals surface area contributed by atoms with Gasteiger partial charge in [0.25, 0.3) is 0 Å². The van der Waals surface area contributed by atoms with Gasteiger partial charge in [-0.1, -0.05) is 48.9 Å². The molecule has 0 spiro atoms. The first kappa shape index (κ1) is 15.6. The van der Waals surface area contributed by atoms with Crippen molar-refractivity contribution in [3.63, 3.8) is 0 Å². The average molecular weight is 319 g/mol. The first-order valence-electron chi connectivity index (χ1n) is 9.18. The van der Waals surface area contributed by atoms with Gasteiger partial charge in [-0.25, -0.2) is 4.58 Å². The lowest BCUT2D eigenvalue weighted by Crippen LogP contribution is -2.47. The summed E-state index contributed by atoms with van der Waals surface area (Å²) < 4.78 is 2.62. The van der Waals surface area contributed by atoms with E-state index in [1.165, 1.54) is 47.9 Å². The molecular weight excluding hydrogens is 292 g/mol. The van der Waals surface area contributed by atoms with Gasteiger partial charge in [0.2, 0.25) is 0 Å². The third-order valence-corrected chi connectivity index (χ3v) is 5.71. The first-order valence-corrected chi connectivity index (χ1v) is 9.18. The summed E-state index contributed by atoms with van der Waals surface area (Å²) in [6.07, 6.45) is 7.74. The minimum atomic E-state index is 0.605. The van der Waals surface area contributed by atoms with E-state index in [0.717, 1.165) is 6.54 Å². The number of fused-ring (bicyclic) bond motifs is 3. The summed E-state index contributed by atoms with van der Waals surface area (Å²) >= 11 is 0. The van der Waals surface area contributed by atoms with Gasteiger partial charge in [0.1, 0.15) is 0 Å². The summed E-state index contributed by atoms with van der Waals surface area (Å²) in [6.45, 7) is 1.01. The molecule has 0 bridgehead atoms. The highest BCUT2D eigenvalue weighted by Crippen LogP contribution is 2.32. The zero-order valence-electron chi connectivity index (χ0n) is 14.8. The second-order valence-corrected chi connectivity index (χ2v) is 7.43. The maximum Gasteiger partial charge on any atom is 0.171 e. The zero-order valence-corrected chi connectivity index (χ0v) is 14.8. The number of likely N-dealkylation sites (N-methyl/N-ethyl adjacent to an activating group) is 1. The summed E-state index contributed by atoms with van der Waals surface area (Å²) in [7, 11) is 4.48. The first-order chi connectivity index (χ1) is 11.7. The summed E-state index contributed by atoms with van der Waals surface area (Å²) in [5, 5.41) is 0. The van der Waals surface area contributed by atoms with Crippen molar-refractivity contribution in [1.29, 1.82) is 0 Å². The van der Waals surface area contributed by atoms with E-state index in [1.807, 2.05) is 0 Å². The molecule has 0 aromatic heterocycles. The summed E-state index contributed by atoms with van der Waals surface area (Å²) in [5.74, 6) is 0. The highest BCUT2D eigenvalue weighted by Gasteiger charge is 2.36. The maximum absolute atomic E-state index is 2.62. The molecule has 0 N–H and O–H groups in total. The van der Waals surface area contributed by atoms with Crippen LogP contribution in [0.15, 0.2) is 48.5 Å². The van der Waals surface area contributed by atoms with E-state index in [0.29, 0.717) is 12.1 Å². The number of hydrogen-bond acceptors (Lipinski definition) is 1. The molecule has 2 heteroatoms. The highest BCUT2D eigenvalue weighted by molar-refractivity contribution is 5.89. The van der Waals surface area contributed by atoms with Crippen LogP contribution in [0.3, 0.4) is 0 Å². The van der Waals surface area contributed by atoms with Gasteiger partial charge in [-0.2, -0.15) is 0 Å². The van der Waals surface area contributed by atoms with E-state index in [4.69, 9.17) is 0 Å². The Bertz CT molecular complexity index is 760. The standard InChI is InChI=1S/C22H27N2/c1-23(2)21-13-7-8-14-22(21)24-15-17-9-3-5-11-19(17)20-12-6-4-10-18(20)16-24/h3-6,9-12,15,21-22H,7-8,13-14,16H2,1-2H3/q+1/t21?,22-/m0/s1. The third-order valence-electron chi connectivity index (χ3n) is 5.71. The minimum absolute atomic E-state index is 0.605. The summed E-state index contributed by atoms with van der Waals surface area (Å²) in [6, 6.07) is 19.0. The average Bonchev–Trinajstić information content (AvgIpc) is 2.78. The molecule has 0 saturated heterocycles. The van der Waals surface area contributed by atoms with Crippen molar-refractivity contribution in [2.75, 3.05) is 14.1 Å². The number of benzene rings is 2. The van der Waals surface area contributed by atoms with Gasteiger partial charge in [-0.15, -0.1) is 0 Å². The molecule has 2 aromatic rings. The van der Waals surface area contributed by atoms with E-state index >= 15 is 0 Å². The topological polar surface area (TPSA) is 6.25 Å². The predicted octanol–water partition coefficient (Wildman–Crippen LogP) is 4.17. The third kappa shape index (κ3) is 2.80. The Morgan fingerprint density at radius 2 is 1.58 bits per heavy atom. The Morgan fingerprint density at radius 1 is 0.875 bits per heavy atom. The number of nitrogens with zero attached hydrogens (tertiary/aromatic N) is 2. The van der Waals surface area contributed by atoms with Gasteiger partial charge in [-0.3, -0.25) is 0 Å². The fourth-order valence-corrected chi connectivity index (χ4v) is 4.49. The van der Waals surface area contributed by atoms with Crippen LogP contribution in [0.2, 0.25) is 0 Å². The van der Waals surface area contributed by atoms with Gasteiger partial charge >= 0.3 is 0 Å². The van der Waals surface area contributed by atoms with Gasteiger partial charge in [0.05, 0.1) is 6.04 Å².